The Kier molecular flexibility index (Phi) is 22.4. The Hall–Kier alpha value is -3.50. The van der Waals surface area contributed by atoms with Gasteiger partial charge in [-0.05, 0) is 84.7 Å². The maximum atomic E-state index is 14.5. The number of carbonyl (C=O) groups excluding carboxylic acids is 5. The second-order valence-corrected chi connectivity index (χ2v) is 18.2. The van der Waals surface area contributed by atoms with Crippen molar-refractivity contribution in [3.8, 4) is 0 Å². The zero-order valence-corrected chi connectivity index (χ0v) is 39.1. The first-order chi connectivity index (χ1) is 27.3. The van der Waals surface area contributed by atoms with Crippen LogP contribution >= 0.6 is 0 Å². The number of nitrogens with zero attached hydrogens (tertiary/aromatic N) is 4. The third-order valence-corrected chi connectivity index (χ3v) is 11.6. The molecule has 0 unspecified atom stereocenters. The van der Waals surface area contributed by atoms with Crippen molar-refractivity contribution in [1.82, 2.24) is 30.2 Å². The third kappa shape index (κ3) is 16.1. The van der Waals surface area contributed by atoms with Crippen LogP contribution in [0.5, 0.6) is 0 Å². The largest absolute Gasteiger partial charge is 0.480 e. The molecule has 3 N–H and O–H groups in total. The van der Waals surface area contributed by atoms with Gasteiger partial charge in [0.25, 0.3) is 0 Å². The van der Waals surface area contributed by atoms with Crippen LogP contribution in [-0.4, -0.2) is 163 Å². The normalized spacial score (nSPS) is 18.7. The second-order valence-electron chi connectivity index (χ2n) is 18.2. The molecule has 0 bridgehead atoms. The van der Waals surface area contributed by atoms with Gasteiger partial charge in [0, 0.05) is 41.4 Å². The van der Waals surface area contributed by atoms with Crippen molar-refractivity contribution in [3.63, 3.8) is 0 Å². The summed E-state index contributed by atoms with van der Waals surface area (Å²) < 4.78 is 17.2. The number of likely N-dealkylation sites (N-methyl/N-ethyl adjacent to an activating group) is 2. The fraction of sp³-hybridized carbons (Fsp3) is 0.860. The SMILES string of the molecule is CC[C@H](C)[C@@H]([C@@H](CC(=O)N1CCC[C@H]1[C@H](OC)[C@@H](C)C(=O)N[C@@H](C)C(=O)O)OC)N(C)C(=O)[C@@H](NC(=O)[C@H](C(C)C)N(C)CCCCN(C)C(=O)OC(C)(C)C)C(C)C. The predicted octanol–water partition coefficient (Wildman–Crippen LogP) is 4.24. The van der Waals surface area contributed by atoms with Crippen LogP contribution in [0.4, 0.5) is 4.79 Å². The Morgan fingerprint density at radius 3 is 1.93 bits per heavy atom. The van der Waals surface area contributed by atoms with Gasteiger partial charge in [-0.25, -0.2) is 4.79 Å². The number of carboxylic acids is 1. The number of unbranched alkanes of at least 4 members (excludes halogenated alkanes) is 1. The highest BCUT2D eigenvalue weighted by Crippen LogP contribution is 2.30. The summed E-state index contributed by atoms with van der Waals surface area (Å²) in [6.07, 6.45) is 1.71. The zero-order valence-electron chi connectivity index (χ0n) is 39.1. The Morgan fingerprint density at radius 2 is 1.44 bits per heavy atom. The van der Waals surface area contributed by atoms with Crippen LogP contribution in [0.15, 0.2) is 0 Å². The van der Waals surface area contributed by atoms with Crippen molar-refractivity contribution in [2.45, 2.75) is 163 Å². The summed E-state index contributed by atoms with van der Waals surface area (Å²) in [4.78, 5) is 86.3. The van der Waals surface area contributed by atoms with Crippen LogP contribution < -0.4 is 10.6 Å². The molecule has 0 saturated carbocycles. The smallest absolute Gasteiger partial charge is 0.410 e. The Labute approximate surface area is 354 Å². The highest BCUT2D eigenvalue weighted by Gasteiger charge is 2.43. The van der Waals surface area contributed by atoms with E-state index in [0.717, 1.165) is 12.8 Å². The number of amides is 5. The molecule has 16 nitrogen and oxygen atoms in total. The number of carbonyl (C=O) groups is 6. The summed E-state index contributed by atoms with van der Waals surface area (Å²) >= 11 is 0. The van der Waals surface area contributed by atoms with Gasteiger partial charge in [0.15, 0.2) is 0 Å². The number of ether oxygens (including phenoxy) is 3. The lowest BCUT2D eigenvalue weighted by Gasteiger charge is -2.41. The Balaban J connectivity index is 3.18. The molecule has 1 heterocycles. The van der Waals surface area contributed by atoms with Gasteiger partial charge in [0.2, 0.25) is 23.6 Å². The molecule has 1 rings (SSSR count). The van der Waals surface area contributed by atoms with Gasteiger partial charge in [-0.2, -0.15) is 0 Å². The van der Waals surface area contributed by atoms with E-state index in [1.165, 1.54) is 21.1 Å². The molecule has 0 spiro atoms. The fourth-order valence-electron chi connectivity index (χ4n) is 7.98. The van der Waals surface area contributed by atoms with Gasteiger partial charge >= 0.3 is 12.1 Å². The van der Waals surface area contributed by atoms with Gasteiger partial charge in [0.05, 0.1) is 42.7 Å². The number of methoxy groups -OCH3 is 2. The molecule has 0 radical (unpaired) electrons. The minimum absolute atomic E-state index is 0.0286. The summed E-state index contributed by atoms with van der Waals surface area (Å²) in [5, 5.41) is 14.9. The highest BCUT2D eigenvalue weighted by atomic mass is 16.6. The molecule has 0 aromatic heterocycles. The quantitative estimate of drug-likeness (QED) is 0.118. The second kappa shape index (κ2) is 24.7. The van der Waals surface area contributed by atoms with E-state index in [4.69, 9.17) is 14.2 Å². The first kappa shape index (κ1) is 53.5. The lowest BCUT2D eigenvalue weighted by Crippen LogP contribution is -2.60. The zero-order chi connectivity index (χ0) is 45.5. The van der Waals surface area contributed by atoms with E-state index >= 15 is 0 Å². The number of hydrogen-bond donors (Lipinski definition) is 3. The molecule has 9 atom stereocenters. The lowest BCUT2D eigenvalue weighted by atomic mass is 9.89. The average Bonchev–Trinajstić information content (AvgIpc) is 3.63. The van der Waals surface area contributed by atoms with E-state index in [-0.39, 0.29) is 48.0 Å². The molecular formula is C43H80N6O10. The first-order valence-electron chi connectivity index (χ1n) is 21.4. The van der Waals surface area contributed by atoms with E-state index in [2.05, 4.69) is 10.6 Å². The number of nitrogens with one attached hydrogen (secondary N) is 2. The van der Waals surface area contributed by atoms with Crippen molar-refractivity contribution < 1.29 is 48.1 Å². The molecule has 0 aromatic rings. The molecule has 59 heavy (non-hydrogen) atoms. The third-order valence-electron chi connectivity index (χ3n) is 11.6. The minimum atomic E-state index is -1.15. The van der Waals surface area contributed by atoms with E-state index in [9.17, 15) is 33.9 Å². The predicted molar refractivity (Wildman–Crippen MR) is 227 cm³/mol. The van der Waals surface area contributed by atoms with Crippen LogP contribution in [0.25, 0.3) is 0 Å². The molecule has 342 valence electrons. The maximum Gasteiger partial charge on any atom is 0.410 e. The summed E-state index contributed by atoms with van der Waals surface area (Å²) in [6, 6.07) is -3.35. The summed E-state index contributed by atoms with van der Waals surface area (Å²) in [7, 11) is 8.32. The molecule has 16 heteroatoms. The maximum absolute atomic E-state index is 14.5. The molecular weight excluding hydrogens is 761 g/mol. The van der Waals surface area contributed by atoms with Gasteiger partial charge < -0.3 is 44.7 Å². The van der Waals surface area contributed by atoms with E-state index in [1.807, 2.05) is 74.3 Å². The standard InChI is InChI=1S/C43H80N6O10/c1-17-28(6)36(32(57-15)25-33(50)49-24-20-21-31(49)37(58-16)29(7)38(51)44-30(8)41(54)55)48(14)40(53)34(26(2)3)45-39(52)35(27(4)5)46(12)22-18-19-23-47(13)42(56)59-43(9,10)11/h26-32,34-37H,17-25H2,1-16H3,(H,44,51)(H,45,52)(H,54,55)/t28-,29+,30-,31-,32+,34-,35-,36-,37+/m0/s1. The van der Waals surface area contributed by atoms with Crippen molar-refractivity contribution in [2.24, 2.45) is 23.7 Å². The number of carboxylic acid groups (broad SMARTS) is 1. The van der Waals surface area contributed by atoms with Crippen LogP contribution in [0.1, 0.15) is 115 Å². The number of rotatable bonds is 24. The van der Waals surface area contributed by atoms with Crippen molar-refractivity contribution >= 4 is 35.7 Å². The van der Waals surface area contributed by atoms with Gasteiger partial charge in [-0.15, -0.1) is 0 Å². The monoisotopic (exact) mass is 841 g/mol. The van der Waals surface area contributed by atoms with Crippen molar-refractivity contribution in [1.29, 1.82) is 0 Å². The summed E-state index contributed by atoms with van der Waals surface area (Å²) in [5.74, 6) is -3.46. The Morgan fingerprint density at radius 1 is 0.847 bits per heavy atom. The Bertz CT molecular complexity index is 1370. The molecule has 1 fully saturated rings. The van der Waals surface area contributed by atoms with Gasteiger partial charge in [0.1, 0.15) is 17.7 Å². The summed E-state index contributed by atoms with van der Waals surface area (Å²) in [6.45, 7) is 21.9. The van der Waals surface area contributed by atoms with E-state index < -0.39 is 65.8 Å². The van der Waals surface area contributed by atoms with Crippen molar-refractivity contribution in [3.05, 3.63) is 0 Å². The minimum Gasteiger partial charge on any atom is -0.480 e. The molecule has 0 aromatic carbocycles. The summed E-state index contributed by atoms with van der Waals surface area (Å²) in [5.41, 5.74) is -0.575. The van der Waals surface area contributed by atoms with Crippen LogP contribution in [0, 0.1) is 23.7 Å². The van der Waals surface area contributed by atoms with Crippen LogP contribution in [0.3, 0.4) is 0 Å². The first-order valence-corrected chi connectivity index (χ1v) is 21.4. The molecule has 0 aliphatic carbocycles. The number of aliphatic carboxylic acids is 1. The van der Waals surface area contributed by atoms with Crippen molar-refractivity contribution in [2.75, 3.05) is 55.0 Å². The van der Waals surface area contributed by atoms with Crippen LogP contribution in [0.2, 0.25) is 0 Å². The topological polar surface area (TPSA) is 187 Å². The number of hydrogen-bond acceptors (Lipinski definition) is 10. The molecule has 1 aliphatic rings. The number of likely N-dealkylation sites (tertiary alicyclic amines) is 1. The van der Waals surface area contributed by atoms with Gasteiger partial charge in [-0.1, -0.05) is 54.9 Å². The van der Waals surface area contributed by atoms with E-state index in [1.54, 1.807) is 35.7 Å². The molecule has 5 amide bonds. The van der Waals surface area contributed by atoms with Gasteiger partial charge in [-0.3, -0.25) is 28.9 Å². The highest BCUT2D eigenvalue weighted by molar-refractivity contribution is 5.90. The fourth-order valence-corrected chi connectivity index (χ4v) is 7.98. The van der Waals surface area contributed by atoms with Crippen LogP contribution in [-0.2, 0) is 38.2 Å². The average molecular weight is 841 g/mol. The lowest BCUT2D eigenvalue weighted by molar-refractivity contribution is -0.148. The van der Waals surface area contributed by atoms with E-state index in [0.29, 0.717) is 38.9 Å². The molecule has 1 aliphatic heterocycles. The molecule has 1 saturated heterocycles.